The van der Waals surface area contributed by atoms with Gasteiger partial charge in [-0.2, -0.15) is 0 Å². The van der Waals surface area contributed by atoms with Crippen molar-refractivity contribution in [2.75, 3.05) is 12.3 Å². The van der Waals surface area contributed by atoms with Gasteiger partial charge in [-0.1, -0.05) is 13.0 Å². The smallest absolute Gasteiger partial charge is 0.307 e. The zero-order valence-corrected chi connectivity index (χ0v) is 9.99. The predicted octanol–water partition coefficient (Wildman–Crippen LogP) is 1.85. The molecular weight excluding hydrogens is 240 g/mol. The average Bonchev–Trinajstić information content (AvgIpc) is 2.32. The summed E-state index contributed by atoms with van der Waals surface area (Å²) in [6.07, 6.45) is 0.623. The Kier molecular flexibility index (Phi) is 3.11. The monoisotopic (exact) mass is 255 g/mol. The minimum atomic E-state index is -3.08. The number of nitrogens with zero attached hydrogens (tertiary/aromatic N) is 1. The summed E-state index contributed by atoms with van der Waals surface area (Å²) in [5.74, 6) is -3.08. The third kappa shape index (κ3) is 2.23. The number of amidine groups is 1. The summed E-state index contributed by atoms with van der Waals surface area (Å²) in [5.41, 5.74) is 12.7. The molecule has 1 unspecified atom stereocenters. The molecule has 0 spiro atoms. The van der Waals surface area contributed by atoms with Crippen molar-refractivity contribution in [2.24, 2.45) is 10.7 Å². The molecule has 1 atom stereocenters. The maximum Gasteiger partial charge on any atom is 0.307 e. The van der Waals surface area contributed by atoms with Gasteiger partial charge in [0.25, 0.3) is 6.02 Å². The van der Waals surface area contributed by atoms with Crippen LogP contribution in [0.1, 0.15) is 24.1 Å². The Balaban J connectivity index is 2.52. The minimum Gasteiger partial charge on any atom is -0.459 e. The van der Waals surface area contributed by atoms with Gasteiger partial charge in [0, 0.05) is 5.69 Å². The van der Waals surface area contributed by atoms with Gasteiger partial charge in [0.1, 0.15) is 6.04 Å². The van der Waals surface area contributed by atoms with Crippen molar-refractivity contribution in [1.82, 2.24) is 0 Å². The number of nitrogens with two attached hydrogens (primary N) is 2. The Bertz CT molecular complexity index is 488. The van der Waals surface area contributed by atoms with Crippen LogP contribution in [0, 0.1) is 0 Å². The normalized spacial score (nSPS) is 22.2. The molecule has 4 nitrogen and oxygen atoms in total. The van der Waals surface area contributed by atoms with E-state index in [2.05, 4.69) is 9.73 Å². The number of halogens is 2. The molecule has 18 heavy (non-hydrogen) atoms. The Morgan fingerprint density at radius 2 is 2.17 bits per heavy atom. The SMILES string of the molecule is CCc1ccc(N)cc1C1N=C(N)OCC1(F)F. The summed E-state index contributed by atoms with van der Waals surface area (Å²) < 4.78 is 32.3. The fourth-order valence-corrected chi connectivity index (χ4v) is 2.00. The molecule has 0 amide bonds. The molecule has 1 aliphatic rings. The standard InChI is InChI=1S/C12H15F2N3O/c1-2-7-3-4-8(15)5-9(7)10-12(13,14)6-18-11(16)17-10/h3-5,10H,2,6,15H2,1H3,(H2,16,17). The Morgan fingerprint density at radius 3 is 2.83 bits per heavy atom. The molecule has 0 aromatic heterocycles. The van der Waals surface area contributed by atoms with Crippen molar-refractivity contribution in [3.05, 3.63) is 29.3 Å². The van der Waals surface area contributed by atoms with E-state index in [0.29, 0.717) is 17.7 Å². The van der Waals surface area contributed by atoms with Gasteiger partial charge in [-0.15, -0.1) is 0 Å². The maximum absolute atomic E-state index is 13.8. The van der Waals surface area contributed by atoms with Crippen molar-refractivity contribution in [3.63, 3.8) is 0 Å². The molecule has 1 aromatic carbocycles. The number of benzene rings is 1. The van der Waals surface area contributed by atoms with Crippen LogP contribution in [0.4, 0.5) is 14.5 Å². The number of hydrogen-bond donors (Lipinski definition) is 2. The second-order valence-corrected chi connectivity index (χ2v) is 4.23. The van der Waals surface area contributed by atoms with Crippen molar-refractivity contribution < 1.29 is 13.5 Å². The molecule has 0 saturated heterocycles. The number of alkyl halides is 2. The first-order valence-electron chi connectivity index (χ1n) is 5.66. The van der Waals surface area contributed by atoms with Gasteiger partial charge in [0.15, 0.2) is 6.61 Å². The van der Waals surface area contributed by atoms with Gasteiger partial charge in [-0.3, -0.25) is 0 Å². The van der Waals surface area contributed by atoms with E-state index in [4.69, 9.17) is 11.5 Å². The van der Waals surface area contributed by atoms with E-state index in [-0.39, 0.29) is 6.02 Å². The van der Waals surface area contributed by atoms with E-state index in [1.165, 1.54) is 6.07 Å². The van der Waals surface area contributed by atoms with Crippen LogP contribution in [0.2, 0.25) is 0 Å². The van der Waals surface area contributed by atoms with Crippen molar-refractivity contribution in [1.29, 1.82) is 0 Å². The quantitative estimate of drug-likeness (QED) is 0.792. The molecule has 1 aliphatic heterocycles. The van der Waals surface area contributed by atoms with Crippen LogP contribution in [-0.2, 0) is 11.2 Å². The lowest BCUT2D eigenvalue weighted by Gasteiger charge is -2.29. The lowest BCUT2D eigenvalue weighted by molar-refractivity contribution is -0.0783. The number of aryl methyl sites for hydroxylation is 1. The molecule has 0 aliphatic carbocycles. The zero-order chi connectivity index (χ0) is 13.3. The third-order valence-electron chi connectivity index (χ3n) is 2.91. The average molecular weight is 255 g/mol. The lowest BCUT2D eigenvalue weighted by Crippen LogP contribution is -2.40. The van der Waals surface area contributed by atoms with Crippen LogP contribution in [-0.4, -0.2) is 18.6 Å². The van der Waals surface area contributed by atoms with Crippen LogP contribution in [0.3, 0.4) is 0 Å². The van der Waals surface area contributed by atoms with E-state index in [1.807, 2.05) is 6.92 Å². The molecule has 0 fully saturated rings. The molecule has 0 radical (unpaired) electrons. The van der Waals surface area contributed by atoms with Crippen LogP contribution >= 0.6 is 0 Å². The minimum absolute atomic E-state index is 0.213. The number of rotatable bonds is 2. The summed E-state index contributed by atoms with van der Waals surface area (Å²) >= 11 is 0. The van der Waals surface area contributed by atoms with Crippen LogP contribution < -0.4 is 11.5 Å². The van der Waals surface area contributed by atoms with Gasteiger partial charge >= 0.3 is 5.92 Å². The number of anilines is 1. The molecule has 6 heteroatoms. The summed E-state index contributed by atoms with van der Waals surface area (Å²) in [7, 11) is 0. The second kappa shape index (κ2) is 4.44. The number of hydrogen-bond acceptors (Lipinski definition) is 4. The summed E-state index contributed by atoms with van der Waals surface area (Å²) in [5, 5.41) is 0. The second-order valence-electron chi connectivity index (χ2n) is 4.23. The predicted molar refractivity (Wildman–Crippen MR) is 65.5 cm³/mol. The molecule has 1 heterocycles. The molecule has 98 valence electrons. The molecule has 0 saturated carbocycles. The van der Waals surface area contributed by atoms with Gasteiger partial charge in [-0.05, 0) is 29.7 Å². The fourth-order valence-electron chi connectivity index (χ4n) is 2.00. The molecule has 4 N–H and O–H groups in total. The first kappa shape index (κ1) is 12.6. The third-order valence-corrected chi connectivity index (χ3v) is 2.91. The van der Waals surface area contributed by atoms with Gasteiger partial charge < -0.3 is 16.2 Å². The van der Waals surface area contributed by atoms with Crippen molar-refractivity contribution in [2.45, 2.75) is 25.3 Å². The molecular formula is C12H15F2N3O. The highest BCUT2D eigenvalue weighted by molar-refractivity contribution is 5.72. The zero-order valence-electron chi connectivity index (χ0n) is 9.99. The summed E-state index contributed by atoms with van der Waals surface area (Å²) in [6, 6.07) is 3.41. The summed E-state index contributed by atoms with van der Waals surface area (Å²) in [6.45, 7) is 1.13. The largest absolute Gasteiger partial charge is 0.459 e. The Hall–Kier alpha value is -1.85. The molecule has 0 bridgehead atoms. The van der Waals surface area contributed by atoms with E-state index in [9.17, 15) is 8.78 Å². The summed E-state index contributed by atoms with van der Waals surface area (Å²) in [4.78, 5) is 3.72. The first-order chi connectivity index (χ1) is 8.44. The fraction of sp³-hybridized carbons (Fsp3) is 0.417. The highest BCUT2D eigenvalue weighted by Crippen LogP contribution is 2.39. The van der Waals surface area contributed by atoms with E-state index < -0.39 is 18.6 Å². The number of aliphatic imine (C=N–C) groups is 1. The first-order valence-corrected chi connectivity index (χ1v) is 5.66. The van der Waals surface area contributed by atoms with Crippen molar-refractivity contribution >= 4 is 11.7 Å². The number of nitrogen functional groups attached to an aromatic ring is 1. The lowest BCUT2D eigenvalue weighted by atomic mass is 9.94. The van der Waals surface area contributed by atoms with Gasteiger partial charge in [0.05, 0.1) is 0 Å². The van der Waals surface area contributed by atoms with Crippen molar-refractivity contribution in [3.8, 4) is 0 Å². The van der Waals surface area contributed by atoms with Crippen LogP contribution in [0.5, 0.6) is 0 Å². The number of ether oxygens (including phenoxy) is 1. The Morgan fingerprint density at radius 1 is 1.44 bits per heavy atom. The highest BCUT2D eigenvalue weighted by Gasteiger charge is 2.45. The molecule has 1 aromatic rings. The van der Waals surface area contributed by atoms with Crippen LogP contribution in [0.15, 0.2) is 23.2 Å². The van der Waals surface area contributed by atoms with Crippen LogP contribution in [0.25, 0.3) is 0 Å². The van der Waals surface area contributed by atoms with E-state index >= 15 is 0 Å². The highest BCUT2D eigenvalue weighted by atomic mass is 19.3. The van der Waals surface area contributed by atoms with E-state index in [1.54, 1.807) is 12.1 Å². The topological polar surface area (TPSA) is 73.6 Å². The Labute approximate surface area is 104 Å². The van der Waals surface area contributed by atoms with Gasteiger partial charge in [-0.25, -0.2) is 13.8 Å². The maximum atomic E-state index is 13.8. The van der Waals surface area contributed by atoms with Gasteiger partial charge in [0.2, 0.25) is 0 Å². The van der Waals surface area contributed by atoms with E-state index in [0.717, 1.165) is 5.56 Å². The molecule has 2 rings (SSSR count).